The van der Waals surface area contributed by atoms with Gasteiger partial charge in [-0.2, -0.15) is 0 Å². The van der Waals surface area contributed by atoms with Crippen LogP contribution in [0.2, 0.25) is 0 Å². The highest BCUT2D eigenvalue weighted by Crippen LogP contribution is 2.44. The molecule has 2 fully saturated rings. The van der Waals surface area contributed by atoms with Gasteiger partial charge in [-0.05, 0) is 58.9 Å². The average molecular weight is 422 g/mol. The second kappa shape index (κ2) is 9.34. The molecule has 0 radical (unpaired) electrons. The van der Waals surface area contributed by atoms with Crippen LogP contribution >= 0.6 is 35.3 Å². The number of nitrogens with one attached hydrogen (secondary N) is 1. The van der Waals surface area contributed by atoms with E-state index in [1.54, 1.807) is 0 Å². The largest absolute Gasteiger partial charge is 0.325 e. The first-order valence-corrected chi connectivity index (χ1v) is 12.4. The summed E-state index contributed by atoms with van der Waals surface area (Å²) in [5.74, 6) is 2.70. The lowest BCUT2D eigenvalue weighted by molar-refractivity contribution is -0.113. The van der Waals surface area contributed by atoms with E-state index >= 15 is 0 Å². The zero-order valence-corrected chi connectivity index (χ0v) is 17.5. The van der Waals surface area contributed by atoms with Crippen molar-refractivity contribution in [2.75, 3.05) is 22.6 Å². The quantitative estimate of drug-likeness (QED) is 0.694. The first kappa shape index (κ1) is 19.1. The van der Waals surface area contributed by atoms with E-state index in [2.05, 4.69) is 33.0 Å². The number of hydrogen-bond acceptors (Lipinski definition) is 7. The van der Waals surface area contributed by atoms with Crippen LogP contribution in [-0.2, 0) is 4.79 Å². The lowest BCUT2D eigenvalue weighted by Gasteiger charge is -2.21. The Morgan fingerprint density at radius 1 is 1.22 bits per heavy atom. The summed E-state index contributed by atoms with van der Waals surface area (Å²) in [4.78, 5) is 12.4. The Kier molecular flexibility index (Phi) is 6.62. The number of aromatic nitrogens is 4. The third kappa shape index (κ3) is 5.00. The SMILES string of the molecule is O=C(CSc1nnnn1C1CCCC1)Nc1cccc(C2SCCCS2)c1. The standard InChI is InChI=1S/C18H23N5OS3/c24-16(12-27-18-20-21-22-23(18)15-7-1-2-8-15)19-14-6-3-5-13(11-14)17-25-9-4-10-26-17/h3,5-6,11,15,17H,1-2,4,7-10,12H2,(H,19,24). The van der Waals surface area contributed by atoms with E-state index in [0.717, 1.165) is 23.7 Å². The van der Waals surface area contributed by atoms with E-state index in [1.165, 1.54) is 48.1 Å². The molecular formula is C18H23N5OS3. The minimum atomic E-state index is -0.0259. The summed E-state index contributed by atoms with van der Waals surface area (Å²) in [6.45, 7) is 0. The Morgan fingerprint density at radius 3 is 2.85 bits per heavy atom. The second-order valence-electron chi connectivity index (χ2n) is 6.73. The molecule has 1 aliphatic carbocycles. The molecule has 1 saturated heterocycles. The number of benzene rings is 1. The van der Waals surface area contributed by atoms with Crippen LogP contribution in [0.1, 0.15) is 48.3 Å². The van der Waals surface area contributed by atoms with Gasteiger partial charge >= 0.3 is 0 Å². The fourth-order valence-electron chi connectivity index (χ4n) is 3.43. The third-order valence-corrected chi connectivity index (χ3v) is 8.68. The summed E-state index contributed by atoms with van der Waals surface area (Å²) in [5.41, 5.74) is 2.14. The van der Waals surface area contributed by atoms with Crippen LogP contribution in [0.3, 0.4) is 0 Å². The van der Waals surface area contributed by atoms with Crippen LogP contribution in [0.25, 0.3) is 0 Å². The van der Waals surface area contributed by atoms with Crippen LogP contribution in [0.5, 0.6) is 0 Å². The fraction of sp³-hybridized carbons (Fsp3) is 0.556. The maximum absolute atomic E-state index is 12.4. The first-order valence-electron chi connectivity index (χ1n) is 9.33. The van der Waals surface area contributed by atoms with Gasteiger partial charge in [-0.15, -0.1) is 28.6 Å². The maximum Gasteiger partial charge on any atom is 0.234 e. The molecule has 1 amide bonds. The molecule has 1 aliphatic heterocycles. The summed E-state index contributed by atoms with van der Waals surface area (Å²) < 4.78 is 2.37. The topological polar surface area (TPSA) is 72.7 Å². The number of carbonyl (C=O) groups is 1. The van der Waals surface area contributed by atoms with Crippen LogP contribution in [0.15, 0.2) is 29.4 Å². The molecule has 2 heterocycles. The summed E-state index contributed by atoms with van der Waals surface area (Å²) in [6.07, 6.45) is 5.97. The Bertz CT molecular complexity index is 772. The van der Waals surface area contributed by atoms with Gasteiger partial charge < -0.3 is 5.32 Å². The molecule has 27 heavy (non-hydrogen) atoms. The minimum absolute atomic E-state index is 0.0259. The molecule has 0 spiro atoms. The number of carbonyl (C=O) groups excluding carboxylic acids is 1. The van der Waals surface area contributed by atoms with E-state index in [0.29, 0.717) is 16.4 Å². The molecular weight excluding hydrogens is 398 g/mol. The highest BCUT2D eigenvalue weighted by molar-refractivity contribution is 8.16. The monoisotopic (exact) mass is 421 g/mol. The van der Waals surface area contributed by atoms with Crippen LogP contribution < -0.4 is 5.32 Å². The minimum Gasteiger partial charge on any atom is -0.325 e. The molecule has 0 bridgehead atoms. The fourth-order valence-corrected chi connectivity index (χ4v) is 7.05. The molecule has 0 unspecified atom stereocenters. The first-order chi connectivity index (χ1) is 13.3. The highest BCUT2D eigenvalue weighted by atomic mass is 32.2. The van der Waals surface area contributed by atoms with Crippen molar-refractivity contribution in [3.8, 4) is 0 Å². The molecule has 2 aliphatic rings. The number of amides is 1. The molecule has 144 valence electrons. The molecule has 4 rings (SSSR count). The van der Waals surface area contributed by atoms with Crippen molar-refractivity contribution in [2.24, 2.45) is 0 Å². The Hall–Kier alpha value is -1.19. The number of rotatable bonds is 6. The van der Waals surface area contributed by atoms with Gasteiger partial charge in [0.1, 0.15) is 0 Å². The number of hydrogen-bond donors (Lipinski definition) is 1. The van der Waals surface area contributed by atoms with Crippen LogP contribution in [0, 0.1) is 0 Å². The van der Waals surface area contributed by atoms with Gasteiger partial charge in [0.2, 0.25) is 11.1 Å². The number of anilines is 1. The predicted molar refractivity (Wildman–Crippen MR) is 113 cm³/mol. The van der Waals surface area contributed by atoms with E-state index < -0.39 is 0 Å². The van der Waals surface area contributed by atoms with Gasteiger partial charge in [0.05, 0.1) is 16.4 Å². The zero-order valence-electron chi connectivity index (χ0n) is 15.0. The molecule has 1 aromatic carbocycles. The predicted octanol–water partition coefficient (Wildman–Crippen LogP) is 4.39. The normalized spacial score (nSPS) is 18.7. The molecule has 1 aromatic heterocycles. The van der Waals surface area contributed by atoms with Gasteiger partial charge in [-0.3, -0.25) is 4.79 Å². The zero-order chi connectivity index (χ0) is 18.5. The van der Waals surface area contributed by atoms with Crippen molar-refractivity contribution >= 4 is 46.9 Å². The van der Waals surface area contributed by atoms with E-state index in [-0.39, 0.29) is 5.91 Å². The molecule has 2 aromatic rings. The molecule has 0 atom stereocenters. The average Bonchev–Trinajstić information content (AvgIpc) is 3.39. The van der Waals surface area contributed by atoms with Gasteiger partial charge in [0.15, 0.2) is 0 Å². The van der Waals surface area contributed by atoms with Gasteiger partial charge in [-0.1, -0.05) is 36.7 Å². The van der Waals surface area contributed by atoms with Crippen molar-refractivity contribution in [1.29, 1.82) is 0 Å². The number of nitrogens with zero attached hydrogens (tertiary/aromatic N) is 4. The Balaban J connectivity index is 1.33. The van der Waals surface area contributed by atoms with E-state index in [4.69, 9.17) is 0 Å². The number of tetrazole rings is 1. The van der Waals surface area contributed by atoms with E-state index in [9.17, 15) is 4.79 Å². The highest BCUT2D eigenvalue weighted by Gasteiger charge is 2.22. The Labute approximate surface area is 172 Å². The van der Waals surface area contributed by atoms with Crippen molar-refractivity contribution in [2.45, 2.75) is 47.9 Å². The Morgan fingerprint density at radius 2 is 2.04 bits per heavy atom. The summed E-state index contributed by atoms with van der Waals surface area (Å²) in [6, 6.07) is 8.60. The lowest BCUT2D eigenvalue weighted by Crippen LogP contribution is -2.15. The molecule has 6 nitrogen and oxygen atoms in total. The second-order valence-corrected chi connectivity index (χ2v) is 10.4. The molecule has 1 saturated carbocycles. The summed E-state index contributed by atoms with van der Waals surface area (Å²) in [5, 5.41) is 15.8. The van der Waals surface area contributed by atoms with Crippen molar-refractivity contribution in [1.82, 2.24) is 20.2 Å². The summed E-state index contributed by atoms with van der Waals surface area (Å²) in [7, 11) is 0. The van der Waals surface area contributed by atoms with Crippen LogP contribution in [-0.4, -0.2) is 43.4 Å². The van der Waals surface area contributed by atoms with Crippen molar-refractivity contribution in [3.63, 3.8) is 0 Å². The summed E-state index contributed by atoms with van der Waals surface area (Å²) >= 11 is 5.38. The molecule has 1 N–H and O–H groups in total. The number of thioether (sulfide) groups is 3. The molecule has 9 heteroatoms. The van der Waals surface area contributed by atoms with Crippen molar-refractivity contribution < 1.29 is 4.79 Å². The smallest absolute Gasteiger partial charge is 0.234 e. The third-order valence-electron chi connectivity index (χ3n) is 4.74. The van der Waals surface area contributed by atoms with Gasteiger partial charge in [-0.25, -0.2) is 4.68 Å². The van der Waals surface area contributed by atoms with Crippen molar-refractivity contribution in [3.05, 3.63) is 29.8 Å². The lowest BCUT2D eigenvalue weighted by atomic mass is 10.2. The van der Waals surface area contributed by atoms with Gasteiger partial charge in [0, 0.05) is 5.69 Å². The maximum atomic E-state index is 12.4. The van der Waals surface area contributed by atoms with Gasteiger partial charge in [0.25, 0.3) is 0 Å². The van der Waals surface area contributed by atoms with E-state index in [1.807, 2.05) is 40.3 Å². The van der Waals surface area contributed by atoms with Crippen LogP contribution in [0.4, 0.5) is 5.69 Å².